The quantitative estimate of drug-likeness (QED) is 0.848. The average Bonchev–Trinajstić information content (AvgIpc) is 2.55. The average molecular weight is 294 g/mol. The molecule has 0 bridgehead atoms. The van der Waals surface area contributed by atoms with Crippen LogP contribution in [0.5, 0.6) is 0 Å². The smallest absolute Gasteiger partial charge is 0.253 e. The van der Waals surface area contributed by atoms with Gasteiger partial charge in [-0.3, -0.25) is 4.79 Å². The second-order valence-electron chi connectivity index (χ2n) is 5.98. The number of benzene rings is 2. The van der Waals surface area contributed by atoms with E-state index in [-0.39, 0.29) is 5.91 Å². The zero-order chi connectivity index (χ0) is 15.5. The van der Waals surface area contributed by atoms with Crippen molar-refractivity contribution < 1.29 is 4.79 Å². The summed E-state index contributed by atoms with van der Waals surface area (Å²) >= 11 is 0. The minimum Gasteiger partial charge on any atom is -0.368 e. The van der Waals surface area contributed by atoms with Gasteiger partial charge >= 0.3 is 0 Å². The molecule has 2 aromatic rings. The van der Waals surface area contributed by atoms with Crippen molar-refractivity contribution in [3.05, 3.63) is 65.2 Å². The third-order valence-corrected chi connectivity index (χ3v) is 4.23. The van der Waals surface area contributed by atoms with Crippen molar-refractivity contribution in [2.45, 2.75) is 13.8 Å². The van der Waals surface area contributed by atoms with E-state index in [1.165, 1.54) is 16.8 Å². The first-order chi connectivity index (χ1) is 10.6. The van der Waals surface area contributed by atoms with Crippen LogP contribution < -0.4 is 4.90 Å². The molecule has 1 aliphatic rings. The van der Waals surface area contributed by atoms with Crippen LogP contribution in [-0.4, -0.2) is 37.0 Å². The Labute approximate surface area is 132 Å². The van der Waals surface area contributed by atoms with Crippen LogP contribution in [0.3, 0.4) is 0 Å². The number of amides is 1. The SMILES string of the molecule is Cc1ccc(C(=O)N2CCN(c3cccc(C)c3)CC2)cc1. The van der Waals surface area contributed by atoms with Gasteiger partial charge in [0.05, 0.1) is 0 Å². The third-order valence-electron chi connectivity index (χ3n) is 4.23. The standard InChI is InChI=1S/C19H22N2O/c1-15-6-8-17(9-7-15)19(22)21-12-10-20(11-13-21)18-5-3-4-16(2)14-18/h3-9,14H,10-13H2,1-2H3. The number of carbonyl (C=O) groups excluding carboxylic acids is 1. The summed E-state index contributed by atoms with van der Waals surface area (Å²) in [7, 11) is 0. The van der Waals surface area contributed by atoms with Gasteiger partial charge < -0.3 is 9.80 Å². The number of hydrogen-bond donors (Lipinski definition) is 0. The molecule has 22 heavy (non-hydrogen) atoms. The lowest BCUT2D eigenvalue weighted by Crippen LogP contribution is -2.48. The van der Waals surface area contributed by atoms with Crippen LogP contribution >= 0.6 is 0 Å². The summed E-state index contributed by atoms with van der Waals surface area (Å²) in [6, 6.07) is 16.4. The summed E-state index contributed by atoms with van der Waals surface area (Å²) in [6.07, 6.45) is 0. The lowest BCUT2D eigenvalue weighted by molar-refractivity contribution is 0.0747. The number of carbonyl (C=O) groups is 1. The minimum atomic E-state index is 0.142. The molecule has 3 rings (SSSR count). The Hall–Kier alpha value is -2.29. The molecule has 0 aromatic heterocycles. The predicted molar refractivity (Wildman–Crippen MR) is 90.5 cm³/mol. The van der Waals surface area contributed by atoms with Crippen molar-refractivity contribution in [2.24, 2.45) is 0 Å². The summed E-state index contributed by atoms with van der Waals surface area (Å²) in [6.45, 7) is 7.49. The van der Waals surface area contributed by atoms with Gasteiger partial charge in [-0.15, -0.1) is 0 Å². The molecular weight excluding hydrogens is 272 g/mol. The van der Waals surface area contributed by atoms with Crippen molar-refractivity contribution in [2.75, 3.05) is 31.1 Å². The highest BCUT2D eigenvalue weighted by molar-refractivity contribution is 5.94. The van der Waals surface area contributed by atoms with E-state index in [0.717, 1.165) is 31.7 Å². The molecule has 0 aliphatic carbocycles. The normalized spacial score (nSPS) is 15.0. The zero-order valence-electron chi connectivity index (χ0n) is 13.2. The fourth-order valence-electron chi connectivity index (χ4n) is 2.87. The molecule has 0 atom stereocenters. The first-order valence-corrected chi connectivity index (χ1v) is 7.81. The number of rotatable bonds is 2. The Morgan fingerprint density at radius 1 is 0.864 bits per heavy atom. The van der Waals surface area contributed by atoms with Crippen LogP contribution in [0.2, 0.25) is 0 Å². The molecule has 3 heteroatoms. The van der Waals surface area contributed by atoms with E-state index in [1.54, 1.807) is 0 Å². The fraction of sp³-hybridized carbons (Fsp3) is 0.316. The van der Waals surface area contributed by atoms with Gasteiger partial charge in [0.1, 0.15) is 0 Å². The highest BCUT2D eigenvalue weighted by atomic mass is 16.2. The summed E-state index contributed by atoms with van der Waals surface area (Å²) in [5.41, 5.74) is 4.49. The van der Waals surface area contributed by atoms with E-state index in [4.69, 9.17) is 0 Å². The maximum Gasteiger partial charge on any atom is 0.253 e. The lowest BCUT2D eigenvalue weighted by atomic mass is 10.1. The molecule has 0 N–H and O–H groups in total. The Morgan fingerprint density at radius 2 is 1.55 bits per heavy atom. The van der Waals surface area contributed by atoms with Crippen molar-refractivity contribution in [3.8, 4) is 0 Å². The highest BCUT2D eigenvalue weighted by Gasteiger charge is 2.22. The predicted octanol–water partition coefficient (Wildman–Crippen LogP) is 3.27. The molecule has 1 heterocycles. The molecular formula is C19H22N2O. The van der Waals surface area contributed by atoms with Crippen LogP contribution in [0.15, 0.2) is 48.5 Å². The van der Waals surface area contributed by atoms with E-state index in [2.05, 4.69) is 36.1 Å². The van der Waals surface area contributed by atoms with Gasteiger partial charge in [0.25, 0.3) is 5.91 Å². The molecule has 3 nitrogen and oxygen atoms in total. The number of anilines is 1. The van der Waals surface area contributed by atoms with E-state index >= 15 is 0 Å². The molecule has 114 valence electrons. The molecule has 1 fully saturated rings. The summed E-state index contributed by atoms with van der Waals surface area (Å²) < 4.78 is 0. The molecule has 0 spiro atoms. The van der Waals surface area contributed by atoms with E-state index in [9.17, 15) is 4.79 Å². The largest absolute Gasteiger partial charge is 0.368 e. The van der Waals surface area contributed by atoms with Gasteiger partial charge in [-0.1, -0.05) is 29.8 Å². The molecule has 2 aromatic carbocycles. The number of hydrogen-bond acceptors (Lipinski definition) is 2. The topological polar surface area (TPSA) is 23.6 Å². The van der Waals surface area contributed by atoms with Gasteiger partial charge in [-0.05, 0) is 43.7 Å². The molecule has 0 saturated carbocycles. The lowest BCUT2D eigenvalue weighted by Gasteiger charge is -2.36. The van der Waals surface area contributed by atoms with Gasteiger partial charge in [0, 0.05) is 37.4 Å². The monoisotopic (exact) mass is 294 g/mol. The van der Waals surface area contributed by atoms with Gasteiger partial charge in [0.2, 0.25) is 0 Å². The summed E-state index contributed by atoms with van der Waals surface area (Å²) in [5.74, 6) is 0.142. The van der Waals surface area contributed by atoms with Gasteiger partial charge in [-0.25, -0.2) is 0 Å². The van der Waals surface area contributed by atoms with Crippen LogP contribution in [0, 0.1) is 13.8 Å². The fourth-order valence-corrected chi connectivity index (χ4v) is 2.87. The van der Waals surface area contributed by atoms with E-state index < -0.39 is 0 Å². The van der Waals surface area contributed by atoms with E-state index in [1.807, 2.05) is 36.1 Å². The molecule has 0 unspecified atom stereocenters. The molecule has 1 amide bonds. The summed E-state index contributed by atoms with van der Waals surface area (Å²) in [4.78, 5) is 16.8. The van der Waals surface area contributed by atoms with Gasteiger partial charge in [0.15, 0.2) is 0 Å². The number of aryl methyl sites for hydroxylation is 2. The molecule has 1 saturated heterocycles. The Kier molecular flexibility index (Phi) is 4.14. The first-order valence-electron chi connectivity index (χ1n) is 7.81. The highest BCUT2D eigenvalue weighted by Crippen LogP contribution is 2.18. The zero-order valence-corrected chi connectivity index (χ0v) is 13.2. The van der Waals surface area contributed by atoms with Crippen LogP contribution in [0.4, 0.5) is 5.69 Å². The third kappa shape index (κ3) is 3.14. The maximum atomic E-state index is 12.5. The Balaban J connectivity index is 1.64. The maximum absolute atomic E-state index is 12.5. The van der Waals surface area contributed by atoms with Gasteiger partial charge in [-0.2, -0.15) is 0 Å². The van der Waals surface area contributed by atoms with E-state index in [0.29, 0.717) is 0 Å². The van der Waals surface area contributed by atoms with Crippen molar-refractivity contribution in [1.82, 2.24) is 4.90 Å². The second kappa shape index (κ2) is 6.22. The Bertz CT molecular complexity index is 655. The molecule has 0 radical (unpaired) electrons. The second-order valence-corrected chi connectivity index (χ2v) is 5.98. The van der Waals surface area contributed by atoms with Crippen molar-refractivity contribution in [1.29, 1.82) is 0 Å². The minimum absolute atomic E-state index is 0.142. The number of piperazine rings is 1. The van der Waals surface area contributed by atoms with Crippen molar-refractivity contribution in [3.63, 3.8) is 0 Å². The van der Waals surface area contributed by atoms with Crippen LogP contribution in [-0.2, 0) is 0 Å². The number of nitrogens with zero attached hydrogens (tertiary/aromatic N) is 2. The Morgan fingerprint density at radius 3 is 2.18 bits per heavy atom. The van der Waals surface area contributed by atoms with Crippen molar-refractivity contribution >= 4 is 11.6 Å². The first kappa shape index (κ1) is 14.6. The summed E-state index contributed by atoms with van der Waals surface area (Å²) in [5, 5.41) is 0. The van der Waals surface area contributed by atoms with Crippen LogP contribution in [0.25, 0.3) is 0 Å². The van der Waals surface area contributed by atoms with Crippen LogP contribution in [0.1, 0.15) is 21.5 Å². The molecule has 1 aliphatic heterocycles.